The van der Waals surface area contributed by atoms with E-state index in [1.807, 2.05) is 24.3 Å². The Kier molecular flexibility index (Phi) is 5.07. The normalized spacial score (nSPS) is 10.8. The monoisotopic (exact) mass is 386 g/mol. The van der Waals surface area contributed by atoms with E-state index in [2.05, 4.69) is 35.6 Å². The third-order valence-corrected chi connectivity index (χ3v) is 4.79. The molecule has 0 atom stereocenters. The summed E-state index contributed by atoms with van der Waals surface area (Å²) >= 11 is 0. The van der Waals surface area contributed by atoms with Crippen molar-refractivity contribution in [3.8, 4) is 0 Å². The molecular formula is C23H18N2O4. The number of benzene rings is 4. The first kappa shape index (κ1) is 18.4. The van der Waals surface area contributed by atoms with Gasteiger partial charge in [-0.15, -0.1) is 0 Å². The molecule has 0 aromatic heterocycles. The molecule has 0 bridgehead atoms. The standard InChI is InChI=1S/C23H18N2O4/c26-23(24-18-9-11-19(12-10-18)25(27)28)29-14-13-22-20-7-3-1-5-16(20)15-17-6-2-4-8-21(17)22/h1-12,15H,13-14H2,(H,24,26). The number of hydrogen-bond acceptors (Lipinski definition) is 4. The molecule has 0 aliphatic rings. The molecule has 0 unspecified atom stereocenters. The smallest absolute Gasteiger partial charge is 0.411 e. The first-order valence-corrected chi connectivity index (χ1v) is 9.19. The Balaban J connectivity index is 1.46. The topological polar surface area (TPSA) is 81.5 Å². The number of nitrogens with one attached hydrogen (secondary N) is 1. The fraction of sp³-hybridized carbons (Fsp3) is 0.0870. The van der Waals surface area contributed by atoms with Gasteiger partial charge in [-0.2, -0.15) is 0 Å². The van der Waals surface area contributed by atoms with Crippen LogP contribution in [0.15, 0.2) is 78.9 Å². The molecule has 6 heteroatoms. The molecule has 4 rings (SSSR count). The van der Waals surface area contributed by atoms with Gasteiger partial charge in [-0.25, -0.2) is 4.79 Å². The van der Waals surface area contributed by atoms with Gasteiger partial charge in [0.15, 0.2) is 0 Å². The van der Waals surface area contributed by atoms with E-state index in [0.717, 1.165) is 27.1 Å². The summed E-state index contributed by atoms with van der Waals surface area (Å²) in [5.41, 5.74) is 1.55. The summed E-state index contributed by atoms with van der Waals surface area (Å²) in [5.74, 6) is 0. The number of nitro benzene ring substituents is 1. The lowest BCUT2D eigenvalue weighted by Crippen LogP contribution is -2.15. The molecule has 0 fully saturated rings. The highest BCUT2D eigenvalue weighted by Crippen LogP contribution is 2.28. The Bertz CT molecular complexity index is 1150. The summed E-state index contributed by atoms with van der Waals surface area (Å²) in [5, 5.41) is 17.9. The van der Waals surface area contributed by atoms with Crippen molar-refractivity contribution in [1.82, 2.24) is 0 Å². The van der Waals surface area contributed by atoms with Crippen molar-refractivity contribution < 1.29 is 14.5 Å². The molecule has 0 aliphatic heterocycles. The predicted octanol–water partition coefficient (Wildman–Crippen LogP) is 5.69. The maximum atomic E-state index is 12.1. The Labute approximate surface area is 166 Å². The van der Waals surface area contributed by atoms with Gasteiger partial charge in [-0.05, 0) is 45.3 Å². The van der Waals surface area contributed by atoms with Crippen LogP contribution in [-0.2, 0) is 11.2 Å². The molecule has 0 aliphatic carbocycles. The number of rotatable bonds is 5. The van der Waals surface area contributed by atoms with Gasteiger partial charge in [-0.1, -0.05) is 48.5 Å². The maximum Gasteiger partial charge on any atom is 0.411 e. The zero-order valence-electron chi connectivity index (χ0n) is 15.5. The average molecular weight is 386 g/mol. The molecule has 0 saturated carbocycles. The molecule has 0 heterocycles. The van der Waals surface area contributed by atoms with Crippen molar-refractivity contribution in [3.05, 3.63) is 94.5 Å². The fourth-order valence-corrected chi connectivity index (χ4v) is 3.44. The molecular weight excluding hydrogens is 368 g/mol. The van der Waals surface area contributed by atoms with Crippen molar-refractivity contribution >= 4 is 39.0 Å². The maximum absolute atomic E-state index is 12.1. The van der Waals surface area contributed by atoms with Gasteiger partial charge in [0.2, 0.25) is 0 Å². The molecule has 0 spiro atoms. The number of anilines is 1. The van der Waals surface area contributed by atoms with Crippen molar-refractivity contribution in [2.24, 2.45) is 0 Å². The number of amides is 1. The van der Waals surface area contributed by atoms with Crippen LogP contribution in [0, 0.1) is 10.1 Å². The minimum absolute atomic E-state index is 0.0354. The van der Waals surface area contributed by atoms with E-state index in [1.54, 1.807) is 0 Å². The molecule has 6 nitrogen and oxygen atoms in total. The first-order valence-electron chi connectivity index (χ1n) is 9.19. The Morgan fingerprint density at radius 1 is 0.897 bits per heavy atom. The second-order valence-corrected chi connectivity index (χ2v) is 6.61. The second kappa shape index (κ2) is 7.98. The second-order valence-electron chi connectivity index (χ2n) is 6.61. The zero-order chi connectivity index (χ0) is 20.2. The molecule has 29 heavy (non-hydrogen) atoms. The molecule has 144 valence electrons. The number of ether oxygens (including phenoxy) is 1. The highest BCUT2D eigenvalue weighted by molar-refractivity contribution is 6.02. The Morgan fingerprint density at radius 2 is 1.48 bits per heavy atom. The van der Waals surface area contributed by atoms with E-state index < -0.39 is 11.0 Å². The van der Waals surface area contributed by atoms with E-state index in [-0.39, 0.29) is 12.3 Å². The van der Waals surface area contributed by atoms with E-state index in [4.69, 9.17) is 4.74 Å². The van der Waals surface area contributed by atoms with Gasteiger partial charge in [0.1, 0.15) is 0 Å². The lowest BCUT2D eigenvalue weighted by atomic mass is 9.95. The summed E-state index contributed by atoms with van der Waals surface area (Å²) in [6.07, 6.45) is -0.0152. The van der Waals surface area contributed by atoms with E-state index >= 15 is 0 Å². The minimum atomic E-state index is -0.594. The average Bonchev–Trinajstić information content (AvgIpc) is 2.73. The fourth-order valence-electron chi connectivity index (χ4n) is 3.44. The summed E-state index contributed by atoms with van der Waals surface area (Å²) in [6.45, 7) is 0.219. The SMILES string of the molecule is O=C(Nc1ccc([N+](=O)[O-])cc1)OCCc1c2ccccc2cc2ccccc12. The van der Waals surface area contributed by atoms with Crippen LogP contribution in [0.1, 0.15) is 5.56 Å². The quantitative estimate of drug-likeness (QED) is 0.271. The van der Waals surface area contributed by atoms with Crippen molar-refractivity contribution in [1.29, 1.82) is 0 Å². The number of carbonyl (C=O) groups is 1. The highest BCUT2D eigenvalue weighted by Gasteiger charge is 2.10. The molecule has 0 saturated heterocycles. The zero-order valence-corrected chi connectivity index (χ0v) is 15.5. The van der Waals surface area contributed by atoms with E-state index in [1.165, 1.54) is 24.3 Å². The third kappa shape index (κ3) is 4.01. The molecule has 1 amide bonds. The van der Waals surface area contributed by atoms with Gasteiger partial charge >= 0.3 is 6.09 Å². The lowest BCUT2D eigenvalue weighted by molar-refractivity contribution is -0.384. The number of carbonyl (C=O) groups excluding carboxylic acids is 1. The molecule has 1 N–H and O–H groups in total. The van der Waals surface area contributed by atoms with Gasteiger partial charge in [0.05, 0.1) is 11.5 Å². The number of fused-ring (bicyclic) bond motifs is 2. The van der Waals surface area contributed by atoms with Crippen molar-refractivity contribution in [2.75, 3.05) is 11.9 Å². The third-order valence-electron chi connectivity index (χ3n) is 4.79. The molecule has 4 aromatic carbocycles. The lowest BCUT2D eigenvalue weighted by Gasteiger charge is -2.12. The molecule has 4 aromatic rings. The van der Waals surface area contributed by atoms with Gasteiger partial charge in [0.25, 0.3) is 5.69 Å². The summed E-state index contributed by atoms with van der Waals surface area (Å²) in [6, 6.07) is 24.1. The van der Waals surface area contributed by atoms with Crippen LogP contribution in [-0.4, -0.2) is 17.6 Å². The van der Waals surface area contributed by atoms with E-state index in [9.17, 15) is 14.9 Å². The number of nitro groups is 1. The largest absolute Gasteiger partial charge is 0.449 e. The van der Waals surface area contributed by atoms with Crippen LogP contribution in [0.5, 0.6) is 0 Å². The van der Waals surface area contributed by atoms with Crippen LogP contribution in [0.4, 0.5) is 16.2 Å². The van der Waals surface area contributed by atoms with Crippen LogP contribution < -0.4 is 5.32 Å². The number of nitrogens with zero attached hydrogens (tertiary/aromatic N) is 1. The van der Waals surface area contributed by atoms with E-state index in [0.29, 0.717) is 12.1 Å². The van der Waals surface area contributed by atoms with Gasteiger partial charge < -0.3 is 4.74 Å². The summed E-state index contributed by atoms with van der Waals surface area (Å²) < 4.78 is 5.34. The minimum Gasteiger partial charge on any atom is -0.449 e. The molecule has 0 radical (unpaired) electrons. The first-order chi connectivity index (χ1) is 14.1. The van der Waals surface area contributed by atoms with Crippen LogP contribution in [0.25, 0.3) is 21.5 Å². The number of hydrogen-bond donors (Lipinski definition) is 1. The van der Waals surface area contributed by atoms with Crippen LogP contribution >= 0.6 is 0 Å². The van der Waals surface area contributed by atoms with Crippen LogP contribution in [0.3, 0.4) is 0 Å². The van der Waals surface area contributed by atoms with Gasteiger partial charge in [0, 0.05) is 24.2 Å². The van der Waals surface area contributed by atoms with Crippen molar-refractivity contribution in [3.63, 3.8) is 0 Å². The number of non-ortho nitro benzene ring substituents is 1. The van der Waals surface area contributed by atoms with Crippen molar-refractivity contribution in [2.45, 2.75) is 6.42 Å². The Hall–Kier alpha value is -3.93. The highest BCUT2D eigenvalue weighted by atomic mass is 16.6. The predicted molar refractivity (Wildman–Crippen MR) is 113 cm³/mol. The van der Waals surface area contributed by atoms with Gasteiger partial charge in [-0.3, -0.25) is 15.4 Å². The summed E-state index contributed by atoms with van der Waals surface area (Å²) in [7, 11) is 0. The van der Waals surface area contributed by atoms with Crippen LogP contribution in [0.2, 0.25) is 0 Å². The summed E-state index contributed by atoms with van der Waals surface area (Å²) in [4.78, 5) is 22.3. The Morgan fingerprint density at radius 3 is 2.07 bits per heavy atom.